The number of benzene rings is 1. The maximum absolute atomic E-state index is 12.8. The lowest BCUT2D eigenvalue weighted by Gasteiger charge is -2.27. The van der Waals surface area contributed by atoms with Gasteiger partial charge in [0.2, 0.25) is 5.91 Å². The largest absolute Gasteiger partial charge is 0.336 e. The molecule has 0 saturated carbocycles. The lowest BCUT2D eigenvalue weighted by Crippen LogP contribution is -2.38. The van der Waals surface area contributed by atoms with Crippen molar-refractivity contribution in [2.45, 2.75) is 39.4 Å². The van der Waals surface area contributed by atoms with Crippen LogP contribution in [0, 0.1) is 0 Å². The van der Waals surface area contributed by atoms with Gasteiger partial charge in [0.05, 0.1) is 6.33 Å². The molecule has 0 unspecified atom stereocenters. The molecule has 0 radical (unpaired) electrons. The Morgan fingerprint density at radius 3 is 2.43 bits per heavy atom. The monoisotopic (exact) mass is 383 g/mol. The van der Waals surface area contributed by atoms with E-state index in [9.17, 15) is 14.4 Å². The summed E-state index contributed by atoms with van der Waals surface area (Å²) < 4.78 is 4.04. The zero-order valence-corrected chi connectivity index (χ0v) is 16.6. The molecule has 0 aliphatic carbocycles. The highest BCUT2D eigenvalue weighted by Crippen LogP contribution is 2.12. The number of nitrogens with zero attached hydrogens (tertiary/aromatic N) is 5. The van der Waals surface area contributed by atoms with Gasteiger partial charge in [0.1, 0.15) is 0 Å². The molecule has 28 heavy (non-hydrogen) atoms. The number of hydrogen-bond donors (Lipinski definition) is 0. The van der Waals surface area contributed by atoms with E-state index in [2.05, 4.69) is 4.98 Å². The number of carbonyl (C=O) groups excluding carboxylic acids is 1. The van der Waals surface area contributed by atoms with Crippen LogP contribution in [0.2, 0.25) is 0 Å². The highest BCUT2D eigenvalue weighted by molar-refractivity contribution is 5.77. The molecule has 8 nitrogen and oxygen atoms in total. The van der Waals surface area contributed by atoms with Crippen LogP contribution >= 0.6 is 0 Å². The number of rotatable bonds is 6. The number of imidazole rings is 1. The van der Waals surface area contributed by atoms with Crippen molar-refractivity contribution in [1.29, 1.82) is 0 Å². The third-order valence-electron chi connectivity index (χ3n) is 4.92. The predicted molar refractivity (Wildman–Crippen MR) is 107 cm³/mol. The minimum absolute atomic E-state index is 0.00217. The summed E-state index contributed by atoms with van der Waals surface area (Å²) in [4.78, 5) is 43.4. The van der Waals surface area contributed by atoms with Gasteiger partial charge >= 0.3 is 5.69 Å². The first kappa shape index (κ1) is 19.6. The molecule has 3 rings (SSSR count). The Bertz CT molecular complexity index is 1110. The van der Waals surface area contributed by atoms with Gasteiger partial charge in [0.15, 0.2) is 11.2 Å². The Morgan fingerprint density at radius 2 is 1.79 bits per heavy atom. The normalized spacial score (nSPS) is 11.3. The van der Waals surface area contributed by atoms with E-state index >= 15 is 0 Å². The molecule has 0 aliphatic heterocycles. The maximum atomic E-state index is 12.8. The first-order valence-electron chi connectivity index (χ1n) is 9.25. The number of carbonyl (C=O) groups is 1. The van der Waals surface area contributed by atoms with Crippen LogP contribution in [0.25, 0.3) is 11.2 Å². The number of amides is 1. The summed E-state index contributed by atoms with van der Waals surface area (Å²) in [6.45, 7) is 4.83. The van der Waals surface area contributed by atoms with E-state index in [-0.39, 0.29) is 18.4 Å². The first-order valence-corrected chi connectivity index (χ1v) is 9.25. The Balaban J connectivity index is 1.82. The van der Waals surface area contributed by atoms with Crippen LogP contribution in [0.15, 0.2) is 46.2 Å². The Morgan fingerprint density at radius 1 is 1.11 bits per heavy atom. The summed E-state index contributed by atoms with van der Waals surface area (Å²) in [7, 11) is 3.01. The second-order valence-corrected chi connectivity index (χ2v) is 7.17. The molecule has 0 bridgehead atoms. The summed E-state index contributed by atoms with van der Waals surface area (Å²) in [6, 6.07) is 9.91. The number of aryl methyl sites for hydroxylation is 2. The van der Waals surface area contributed by atoms with E-state index < -0.39 is 11.2 Å². The van der Waals surface area contributed by atoms with Gasteiger partial charge in [-0.15, -0.1) is 0 Å². The van der Waals surface area contributed by atoms with Crippen molar-refractivity contribution < 1.29 is 4.79 Å². The fourth-order valence-corrected chi connectivity index (χ4v) is 3.27. The average molecular weight is 383 g/mol. The first-order chi connectivity index (χ1) is 13.3. The Hall–Kier alpha value is -3.16. The summed E-state index contributed by atoms with van der Waals surface area (Å²) in [5.74, 6) is 0.00217. The van der Waals surface area contributed by atoms with Gasteiger partial charge in [-0.25, -0.2) is 9.78 Å². The standard InChI is InChI=1S/C20H25N5O3/c1-14(2)25(12-15-8-6-5-7-9-15)16(26)10-11-24-13-21-18-17(24)19(27)23(4)20(28)22(18)3/h5-9,13-14H,10-12H2,1-4H3. The van der Waals surface area contributed by atoms with Crippen molar-refractivity contribution in [2.75, 3.05) is 0 Å². The Labute approximate surface area is 162 Å². The highest BCUT2D eigenvalue weighted by atomic mass is 16.2. The predicted octanol–water partition coefficient (Wildman–Crippen LogP) is 1.26. The molecule has 0 spiro atoms. The summed E-state index contributed by atoms with van der Waals surface area (Å²) in [5.41, 5.74) is 0.893. The van der Waals surface area contributed by atoms with Crippen molar-refractivity contribution in [3.05, 3.63) is 63.1 Å². The topological polar surface area (TPSA) is 82.1 Å². The van der Waals surface area contributed by atoms with E-state index in [4.69, 9.17) is 0 Å². The third kappa shape index (κ3) is 3.62. The summed E-state index contributed by atoms with van der Waals surface area (Å²) in [5, 5.41) is 0. The van der Waals surface area contributed by atoms with Crippen molar-refractivity contribution in [2.24, 2.45) is 14.1 Å². The van der Waals surface area contributed by atoms with Crippen molar-refractivity contribution in [1.82, 2.24) is 23.6 Å². The summed E-state index contributed by atoms with van der Waals surface area (Å²) in [6.07, 6.45) is 1.75. The van der Waals surface area contributed by atoms with Crippen LogP contribution in [0.5, 0.6) is 0 Å². The van der Waals surface area contributed by atoms with Crippen LogP contribution in [0.4, 0.5) is 0 Å². The van der Waals surface area contributed by atoms with Crippen molar-refractivity contribution in [3.8, 4) is 0 Å². The molecule has 8 heteroatoms. The van der Waals surface area contributed by atoms with Gasteiger partial charge < -0.3 is 9.47 Å². The van der Waals surface area contributed by atoms with Crippen LogP contribution in [0.1, 0.15) is 25.8 Å². The molecule has 2 aromatic heterocycles. The molecular formula is C20H25N5O3. The molecule has 0 aliphatic rings. The molecule has 3 aromatic rings. The molecule has 1 aromatic carbocycles. The Kier molecular flexibility index (Phi) is 5.48. The second-order valence-electron chi connectivity index (χ2n) is 7.17. The van der Waals surface area contributed by atoms with Crippen LogP contribution in [-0.4, -0.2) is 35.5 Å². The molecule has 1 amide bonds. The molecule has 0 saturated heterocycles. The molecule has 148 valence electrons. The van der Waals surface area contributed by atoms with E-state index in [1.54, 1.807) is 11.6 Å². The molecule has 0 N–H and O–H groups in total. The second kappa shape index (κ2) is 7.84. The quantitative estimate of drug-likeness (QED) is 0.642. The smallest absolute Gasteiger partial charge is 0.332 e. The lowest BCUT2D eigenvalue weighted by atomic mass is 10.1. The van der Waals surface area contributed by atoms with Crippen molar-refractivity contribution in [3.63, 3.8) is 0 Å². The lowest BCUT2D eigenvalue weighted by molar-refractivity contribution is -0.133. The zero-order chi connectivity index (χ0) is 20.4. The van der Waals surface area contributed by atoms with Gasteiger partial charge in [0, 0.05) is 39.6 Å². The SMILES string of the molecule is CC(C)N(Cc1ccccc1)C(=O)CCn1cnc2c1c(=O)n(C)c(=O)n2C. The molecule has 0 fully saturated rings. The number of fused-ring (bicyclic) bond motifs is 1. The van der Waals surface area contributed by atoms with E-state index in [1.807, 2.05) is 49.1 Å². The highest BCUT2D eigenvalue weighted by Gasteiger charge is 2.19. The molecule has 2 heterocycles. The third-order valence-corrected chi connectivity index (χ3v) is 4.92. The minimum Gasteiger partial charge on any atom is -0.336 e. The fourth-order valence-electron chi connectivity index (χ4n) is 3.27. The van der Waals surface area contributed by atoms with Crippen LogP contribution < -0.4 is 11.2 Å². The van der Waals surface area contributed by atoms with Gasteiger partial charge in [-0.2, -0.15) is 0 Å². The maximum Gasteiger partial charge on any atom is 0.332 e. The molecule has 0 atom stereocenters. The van der Waals surface area contributed by atoms with E-state index in [0.717, 1.165) is 10.1 Å². The zero-order valence-electron chi connectivity index (χ0n) is 16.6. The fraction of sp³-hybridized carbons (Fsp3) is 0.400. The van der Waals surface area contributed by atoms with Gasteiger partial charge in [0.25, 0.3) is 5.56 Å². The number of aromatic nitrogens is 4. The van der Waals surface area contributed by atoms with Gasteiger partial charge in [-0.3, -0.25) is 18.7 Å². The van der Waals surface area contributed by atoms with Gasteiger partial charge in [-0.05, 0) is 19.4 Å². The summed E-state index contributed by atoms with van der Waals surface area (Å²) >= 11 is 0. The van der Waals surface area contributed by atoms with Gasteiger partial charge in [-0.1, -0.05) is 30.3 Å². The van der Waals surface area contributed by atoms with E-state index in [0.29, 0.717) is 24.3 Å². The van der Waals surface area contributed by atoms with Crippen LogP contribution in [0.3, 0.4) is 0 Å². The average Bonchev–Trinajstić information content (AvgIpc) is 3.11. The minimum atomic E-state index is -0.423. The van der Waals surface area contributed by atoms with Crippen LogP contribution in [-0.2, 0) is 32.0 Å². The number of hydrogen-bond acceptors (Lipinski definition) is 4. The molecular weight excluding hydrogens is 358 g/mol. The van der Waals surface area contributed by atoms with Crippen molar-refractivity contribution >= 4 is 17.1 Å². The van der Waals surface area contributed by atoms with E-state index in [1.165, 1.54) is 17.9 Å².